The van der Waals surface area contributed by atoms with E-state index in [9.17, 15) is 9.59 Å². The zero-order valence-corrected chi connectivity index (χ0v) is 10.8. The minimum Gasteiger partial charge on any atom is -0.382 e. The Morgan fingerprint density at radius 3 is 2.72 bits per heavy atom. The minimum absolute atomic E-state index is 0.0644. The van der Waals surface area contributed by atoms with Crippen molar-refractivity contribution in [1.82, 2.24) is 15.5 Å². The minimum atomic E-state index is -0.645. The molecule has 6 heteroatoms. The second-order valence-electron chi connectivity index (χ2n) is 4.77. The second-order valence-corrected chi connectivity index (χ2v) is 4.77. The summed E-state index contributed by atoms with van der Waals surface area (Å²) in [7, 11) is 0. The van der Waals surface area contributed by atoms with Crippen LogP contribution in [0, 0.1) is 0 Å². The Bertz CT molecular complexity index is 327. The molecular weight excluding hydrogens is 234 g/mol. The first-order chi connectivity index (χ1) is 8.69. The topological polar surface area (TPSA) is 70.7 Å². The van der Waals surface area contributed by atoms with Gasteiger partial charge in [-0.3, -0.25) is 9.69 Å². The van der Waals surface area contributed by atoms with Gasteiger partial charge in [-0.05, 0) is 39.3 Å². The second kappa shape index (κ2) is 5.67. The van der Waals surface area contributed by atoms with Gasteiger partial charge in [-0.1, -0.05) is 0 Å². The van der Waals surface area contributed by atoms with Gasteiger partial charge in [0.05, 0.1) is 0 Å². The van der Waals surface area contributed by atoms with Crippen LogP contribution in [0.4, 0.5) is 4.79 Å². The van der Waals surface area contributed by atoms with Gasteiger partial charge in [0.15, 0.2) is 0 Å². The van der Waals surface area contributed by atoms with Crippen LogP contribution in [0.5, 0.6) is 0 Å². The Morgan fingerprint density at radius 1 is 1.33 bits per heavy atom. The molecule has 2 N–H and O–H groups in total. The lowest BCUT2D eigenvalue weighted by molar-refractivity contribution is -0.132. The van der Waals surface area contributed by atoms with Crippen LogP contribution in [0.3, 0.4) is 0 Å². The Balaban J connectivity index is 1.92. The number of hydrogen-bond donors (Lipinski definition) is 2. The van der Waals surface area contributed by atoms with Gasteiger partial charge in [0.1, 0.15) is 5.54 Å². The van der Waals surface area contributed by atoms with Gasteiger partial charge in [-0.15, -0.1) is 0 Å². The summed E-state index contributed by atoms with van der Waals surface area (Å²) in [6.45, 7) is 5.17. The van der Waals surface area contributed by atoms with Gasteiger partial charge in [-0.2, -0.15) is 0 Å². The summed E-state index contributed by atoms with van der Waals surface area (Å²) < 4.78 is 5.22. The van der Waals surface area contributed by atoms with Crippen LogP contribution in [0.1, 0.15) is 26.2 Å². The van der Waals surface area contributed by atoms with E-state index >= 15 is 0 Å². The van der Waals surface area contributed by atoms with Gasteiger partial charge in [0.25, 0.3) is 5.91 Å². The third kappa shape index (κ3) is 2.49. The molecule has 0 saturated carbocycles. The number of nitrogens with one attached hydrogen (secondary N) is 2. The lowest BCUT2D eigenvalue weighted by atomic mass is 9.88. The fraction of sp³-hybridized carbons (Fsp3) is 0.833. The van der Waals surface area contributed by atoms with Crippen LogP contribution < -0.4 is 10.6 Å². The molecule has 0 aromatic carbocycles. The molecule has 6 nitrogen and oxygen atoms in total. The number of carbonyl (C=O) groups is 2. The quantitative estimate of drug-likeness (QED) is 0.539. The lowest BCUT2D eigenvalue weighted by Gasteiger charge is -2.31. The maximum atomic E-state index is 12.3. The number of nitrogens with zero attached hydrogens (tertiary/aromatic N) is 1. The standard InChI is InChI=1S/C12H21N3O3/c1-2-18-9-3-8-15-10(16)12(14-11(15)17)4-6-13-7-5-12/h13H,2-9H2,1H3,(H,14,17). The summed E-state index contributed by atoms with van der Waals surface area (Å²) in [6, 6.07) is -0.251. The van der Waals surface area contributed by atoms with Crippen molar-refractivity contribution in [1.29, 1.82) is 0 Å². The molecule has 0 aliphatic carbocycles. The number of urea groups is 1. The summed E-state index contributed by atoms with van der Waals surface area (Å²) in [5.74, 6) is -0.0644. The van der Waals surface area contributed by atoms with Gasteiger partial charge in [-0.25, -0.2) is 4.79 Å². The summed E-state index contributed by atoms with van der Waals surface area (Å²) in [6.07, 6.45) is 2.06. The van der Waals surface area contributed by atoms with Crippen molar-refractivity contribution < 1.29 is 14.3 Å². The molecule has 18 heavy (non-hydrogen) atoms. The van der Waals surface area contributed by atoms with Crippen molar-refractivity contribution >= 4 is 11.9 Å². The molecular formula is C12H21N3O3. The average Bonchev–Trinajstić information content (AvgIpc) is 2.59. The Morgan fingerprint density at radius 2 is 2.06 bits per heavy atom. The molecule has 3 amide bonds. The molecule has 1 spiro atoms. The summed E-state index contributed by atoms with van der Waals surface area (Å²) in [5.41, 5.74) is -0.645. The van der Waals surface area contributed by atoms with E-state index < -0.39 is 5.54 Å². The number of amides is 3. The number of hydrogen-bond acceptors (Lipinski definition) is 4. The summed E-state index contributed by atoms with van der Waals surface area (Å²) in [4.78, 5) is 25.5. The van der Waals surface area contributed by atoms with E-state index in [-0.39, 0.29) is 11.9 Å². The fourth-order valence-electron chi connectivity index (χ4n) is 2.54. The third-order valence-corrected chi connectivity index (χ3v) is 3.58. The molecule has 0 aromatic rings. The van der Waals surface area contributed by atoms with Gasteiger partial charge < -0.3 is 15.4 Å². The van der Waals surface area contributed by atoms with Crippen molar-refractivity contribution in [3.05, 3.63) is 0 Å². The van der Waals surface area contributed by atoms with Crippen LogP contribution in [-0.4, -0.2) is 55.2 Å². The first-order valence-electron chi connectivity index (χ1n) is 6.62. The summed E-state index contributed by atoms with van der Waals surface area (Å²) in [5, 5.41) is 6.07. The van der Waals surface area contributed by atoms with Gasteiger partial charge in [0.2, 0.25) is 0 Å². The molecule has 102 valence electrons. The smallest absolute Gasteiger partial charge is 0.325 e. The van der Waals surface area contributed by atoms with Crippen molar-refractivity contribution in [3.8, 4) is 0 Å². The van der Waals surface area contributed by atoms with E-state index in [1.165, 1.54) is 4.90 Å². The summed E-state index contributed by atoms with van der Waals surface area (Å²) >= 11 is 0. The highest BCUT2D eigenvalue weighted by Gasteiger charge is 2.50. The molecule has 0 aromatic heterocycles. The largest absolute Gasteiger partial charge is 0.382 e. The first kappa shape index (κ1) is 13.3. The molecule has 2 fully saturated rings. The highest BCUT2D eigenvalue weighted by atomic mass is 16.5. The van der Waals surface area contributed by atoms with Crippen molar-refractivity contribution in [2.24, 2.45) is 0 Å². The van der Waals surface area contributed by atoms with Crippen LogP contribution >= 0.6 is 0 Å². The molecule has 0 bridgehead atoms. The normalized spacial score (nSPS) is 22.6. The van der Waals surface area contributed by atoms with Gasteiger partial charge >= 0.3 is 6.03 Å². The van der Waals surface area contributed by atoms with E-state index in [0.29, 0.717) is 39.0 Å². The van der Waals surface area contributed by atoms with Crippen LogP contribution in [0.2, 0.25) is 0 Å². The maximum absolute atomic E-state index is 12.3. The molecule has 2 heterocycles. The number of ether oxygens (including phenoxy) is 1. The van der Waals surface area contributed by atoms with Crippen LogP contribution in [0.15, 0.2) is 0 Å². The number of imide groups is 1. The zero-order valence-electron chi connectivity index (χ0n) is 10.8. The van der Waals surface area contributed by atoms with E-state index in [0.717, 1.165) is 13.1 Å². The average molecular weight is 255 g/mol. The van der Waals surface area contributed by atoms with Crippen LogP contribution in [0.25, 0.3) is 0 Å². The molecule has 2 saturated heterocycles. The zero-order chi connectivity index (χ0) is 13.0. The molecule has 2 aliphatic rings. The molecule has 2 aliphatic heterocycles. The molecule has 0 unspecified atom stereocenters. The maximum Gasteiger partial charge on any atom is 0.325 e. The Hall–Kier alpha value is -1.14. The predicted octanol–water partition coefficient (Wildman–Crippen LogP) is 0.0870. The monoisotopic (exact) mass is 255 g/mol. The highest BCUT2D eigenvalue weighted by molar-refractivity contribution is 6.07. The van der Waals surface area contributed by atoms with Crippen molar-refractivity contribution in [2.75, 3.05) is 32.8 Å². The number of rotatable bonds is 5. The van der Waals surface area contributed by atoms with E-state index in [4.69, 9.17) is 4.74 Å². The Kier molecular flexibility index (Phi) is 4.19. The van der Waals surface area contributed by atoms with Crippen molar-refractivity contribution in [3.63, 3.8) is 0 Å². The highest BCUT2D eigenvalue weighted by Crippen LogP contribution is 2.26. The van der Waals surface area contributed by atoms with E-state index in [1.54, 1.807) is 0 Å². The first-order valence-corrected chi connectivity index (χ1v) is 6.62. The molecule has 0 radical (unpaired) electrons. The Labute approximate surface area is 107 Å². The van der Waals surface area contributed by atoms with E-state index in [2.05, 4.69) is 10.6 Å². The molecule has 0 atom stereocenters. The van der Waals surface area contributed by atoms with Gasteiger partial charge in [0, 0.05) is 19.8 Å². The van der Waals surface area contributed by atoms with Crippen molar-refractivity contribution in [2.45, 2.75) is 31.7 Å². The predicted molar refractivity (Wildman–Crippen MR) is 66.2 cm³/mol. The third-order valence-electron chi connectivity index (χ3n) is 3.58. The fourth-order valence-corrected chi connectivity index (χ4v) is 2.54. The van der Waals surface area contributed by atoms with Crippen LogP contribution in [-0.2, 0) is 9.53 Å². The lowest BCUT2D eigenvalue weighted by Crippen LogP contribution is -2.53. The SMILES string of the molecule is CCOCCCN1C(=O)NC2(CCNCC2)C1=O. The number of piperidine rings is 1. The number of carbonyl (C=O) groups excluding carboxylic acids is 2. The van der Waals surface area contributed by atoms with E-state index in [1.807, 2.05) is 6.92 Å². The molecule has 2 rings (SSSR count).